The largest absolute Gasteiger partial charge is 0.478 e. The van der Waals surface area contributed by atoms with Gasteiger partial charge in [-0.1, -0.05) is 36.4 Å². The van der Waals surface area contributed by atoms with Crippen LogP contribution in [0, 0.1) is 11.3 Å². The van der Waals surface area contributed by atoms with E-state index in [0.717, 1.165) is 22.8 Å². The van der Waals surface area contributed by atoms with E-state index in [1.807, 2.05) is 36.4 Å². The summed E-state index contributed by atoms with van der Waals surface area (Å²) in [6.07, 6.45) is 2.65. The van der Waals surface area contributed by atoms with E-state index in [9.17, 15) is 4.79 Å². The summed E-state index contributed by atoms with van der Waals surface area (Å²) in [5.41, 5.74) is 3.51. The molecule has 19 heavy (non-hydrogen) atoms. The maximum Gasteiger partial charge on any atom is 0.328 e. The van der Waals surface area contributed by atoms with Crippen molar-refractivity contribution in [2.75, 3.05) is 0 Å². The second kappa shape index (κ2) is 5.65. The second-order valence-electron chi connectivity index (χ2n) is 3.98. The van der Waals surface area contributed by atoms with Crippen molar-refractivity contribution in [3.63, 3.8) is 0 Å². The van der Waals surface area contributed by atoms with Gasteiger partial charge in [0.2, 0.25) is 0 Å². The molecule has 92 valence electrons. The zero-order valence-corrected chi connectivity index (χ0v) is 10.1. The van der Waals surface area contributed by atoms with E-state index >= 15 is 0 Å². The highest BCUT2D eigenvalue weighted by Crippen LogP contribution is 2.20. The molecule has 2 rings (SSSR count). The molecule has 3 nitrogen and oxygen atoms in total. The molecule has 0 radical (unpaired) electrons. The van der Waals surface area contributed by atoms with Crippen molar-refractivity contribution in [1.29, 1.82) is 5.26 Å². The maximum absolute atomic E-state index is 10.4. The number of carboxylic acid groups (broad SMARTS) is 1. The minimum Gasteiger partial charge on any atom is -0.478 e. The first-order valence-corrected chi connectivity index (χ1v) is 5.70. The van der Waals surface area contributed by atoms with Gasteiger partial charge in [-0.15, -0.1) is 0 Å². The summed E-state index contributed by atoms with van der Waals surface area (Å²) >= 11 is 0. The minimum atomic E-state index is -0.962. The first-order valence-electron chi connectivity index (χ1n) is 5.70. The van der Waals surface area contributed by atoms with E-state index in [4.69, 9.17) is 10.4 Å². The molecule has 0 heterocycles. The summed E-state index contributed by atoms with van der Waals surface area (Å²) in [6.45, 7) is 0. The van der Waals surface area contributed by atoms with Crippen molar-refractivity contribution in [3.8, 4) is 17.2 Å². The Bertz CT molecular complexity index is 647. The highest BCUT2D eigenvalue weighted by molar-refractivity contribution is 5.85. The van der Waals surface area contributed by atoms with Crippen LogP contribution in [0.15, 0.2) is 54.6 Å². The Labute approximate surface area is 111 Å². The van der Waals surface area contributed by atoms with E-state index < -0.39 is 5.97 Å². The number of rotatable bonds is 3. The zero-order valence-electron chi connectivity index (χ0n) is 10.1. The molecule has 0 aliphatic rings. The monoisotopic (exact) mass is 249 g/mol. The first-order chi connectivity index (χ1) is 9.19. The third-order valence-corrected chi connectivity index (χ3v) is 2.68. The molecule has 0 fully saturated rings. The van der Waals surface area contributed by atoms with E-state index in [1.54, 1.807) is 18.2 Å². The van der Waals surface area contributed by atoms with Crippen LogP contribution in [0.4, 0.5) is 0 Å². The number of hydrogen-bond acceptors (Lipinski definition) is 2. The lowest BCUT2D eigenvalue weighted by Gasteiger charge is -2.02. The standard InChI is InChI=1S/C16H11NO2/c17-11-13-3-8-15(9-4-13)14-6-1-12(2-7-14)5-10-16(18)19/h1-10H,(H,18,19)/b10-5+. The summed E-state index contributed by atoms with van der Waals surface area (Å²) in [7, 11) is 0. The molecule has 0 amide bonds. The number of carbonyl (C=O) groups is 1. The SMILES string of the molecule is N#Cc1ccc(-c2ccc(/C=C/C(=O)O)cc2)cc1. The van der Waals surface area contributed by atoms with Gasteiger partial charge < -0.3 is 5.11 Å². The molecule has 1 N–H and O–H groups in total. The predicted molar refractivity (Wildman–Crippen MR) is 73.3 cm³/mol. The molecule has 0 aromatic heterocycles. The van der Waals surface area contributed by atoms with Gasteiger partial charge in [0.05, 0.1) is 11.6 Å². The van der Waals surface area contributed by atoms with Gasteiger partial charge in [0.25, 0.3) is 0 Å². The molecule has 2 aromatic rings. The van der Waals surface area contributed by atoms with Gasteiger partial charge in [-0.2, -0.15) is 5.26 Å². The lowest BCUT2D eigenvalue weighted by molar-refractivity contribution is -0.131. The molecule has 0 aliphatic carbocycles. The predicted octanol–water partition coefficient (Wildman–Crippen LogP) is 3.32. The molecule has 0 spiro atoms. The lowest BCUT2D eigenvalue weighted by atomic mass is 10.0. The topological polar surface area (TPSA) is 61.1 Å². The quantitative estimate of drug-likeness (QED) is 0.849. The Morgan fingerprint density at radius 2 is 1.53 bits per heavy atom. The molecule has 0 saturated carbocycles. The fraction of sp³-hybridized carbons (Fsp3) is 0. The van der Waals surface area contributed by atoms with Crippen LogP contribution >= 0.6 is 0 Å². The Hall–Kier alpha value is -2.86. The summed E-state index contributed by atoms with van der Waals surface area (Å²) in [5.74, 6) is -0.962. The van der Waals surface area contributed by atoms with Crippen molar-refractivity contribution >= 4 is 12.0 Å². The van der Waals surface area contributed by atoms with Crippen LogP contribution in [0.2, 0.25) is 0 Å². The fourth-order valence-corrected chi connectivity index (χ4v) is 1.69. The van der Waals surface area contributed by atoms with Crippen LogP contribution in [-0.4, -0.2) is 11.1 Å². The van der Waals surface area contributed by atoms with E-state index in [2.05, 4.69) is 6.07 Å². The number of nitriles is 1. The van der Waals surface area contributed by atoms with Gasteiger partial charge in [0.15, 0.2) is 0 Å². The minimum absolute atomic E-state index is 0.629. The smallest absolute Gasteiger partial charge is 0.328 e. The molecule has 0 bridgehead atoms. The third-order valence-electron chi connectivity index (χ3n) is 2.68. The second-order valence-corrected chi connectivity index (χ2v) is 3.98. The zero-order chi connectivity index (χ0) is 13.7. The van der Waals surface area contributed by atoms with E-state index in [-0.39, 0.29) is 0 Å². The van der Waals surface area contributed by atoms with Crippen LogP contribution in [0.25, 0.3) is 17.2 Å². The Balaban J connectivity index is 2.22. The normalized spacial score (nSPS) is 10.3. The average molecular weight is 249 g/mol. The highest BCUT2D eigenvalue weighted by atomic mass is 16.4. The number of hydrogen-bond donors (Lipinski definition) is 1. The van der Waals surface area contributed by atoms with Crippen molar-refractivity contribution in [2.24, 2.45) is 0 Å². The van der Waals surface area contributed by atoms with Crippen molar-refractivity contribution in [1.82, 2.24) is 0 Å². The summed E-state index contributed by atoms with van der Waals surface area (Å²) in [4.78, 5) is 10.4. The van der Waals surface area contributed by atoms with Gasteiger partial charge in [-0.05, 0) is 34.9 Å². The lowest BCUT2D eigenvalue weighted by Crippen LogP contribution is -1.85. The van der Waals surface area contributed by atoms with Gasteiger partial charge >= 0.3 is 5.97 Å². The van der Waals surface area contributed by atoms with Gasteiger partial charge in [-0.3, -0.25) is 0 Å². The van der Waals surface area contributed by atoms with Crippen molar-refractivity contribution < 1.29 is 9.90 Å². The van der Waals surface area contributed by atoms with Gasteiger partial charge in [0, 0.05) is 6.08 Å². The average Bonchev–Trinajstić information content (AvgIpc) is 2.46. The maximum atomic E-state index is 10.4. The Morgan fingerprint density at radius 1 is 1.00 bits per heavy atom. The molecular formula is C16H11NO2. The number of carboxylic acids is 1. The van der Waals surface area contributed by atoms with Crippen LogP contribution < -0.4 is 0 Å². The molecule has 2 aromatic carbocycles. The molecule has 0 unspecified atom stereocenters. The molecule has 0 saturated heterocycles. The molecular weight excluding hydrogens is 238 g/mol. The molecule has 3 heteroatoms. The van der Waals surface area contributed by atoms with Gasteiger partial charge in [0.1, 0.15) is 0 Å². The number of benzene rings is 2. The summed E-state index contributed by atoms with van der Waals surface area (Å²) in [6, 6.07) is 16.9. The van der Waals surface area contributed by atoms with Crippen molar-refractivity contribution in [3.05, 3.63) is 65.7 Å². The van der Waals surface area contributed by atoms with Crippen LogP contribution in [0.1, 0.15) is 11.1 Å². The number of aliphatic carboxylic acids is 1. The first kappa shape index (κ1) is 12.6. The van der Waals surface area contributed by atoms with Crippen molar-refractivity contribution in [2.45, 2.75) is 0 Å². The van der Waals surface area contributed by atoms with Crippen LogP contribution in [0.3, 0.4) is 0 Å². The Morgan fingerprint density at radius 3 is 2.00 bits per heavy atom. The van der Waals surface area contributed by atoms with Crippen LogP contribution in [-0.2, 0) is 4.79 Å². The molecule has 0 aliphatic heterocycles. The highest BCUT2D eigenvalue weighted by Gasteiger charge is 1.98. The number of nitrogens with zero attached hydrogens (tertiary/aromatic N) is 1. The van der Waals surface area contributed by atoms with Gasteiger partial charge in [-0.25, -0.2) is 4.79 Å². The molecule has 0 atom stereocenters. The van der Waals surface area contributed by atoms with E-state index in [1.165, 1.54) is 0 Å². The summed E-state index contributed by atoms with van der Waals surface area (Å²) in [5, 5.41) is 17.3. The van der Waals surface area contributed by atoms with Crippen LogP contribution in [0.5, 0.6) is 0 Å². The third kappa shape index (κ3) is 3.30. The fourth-order valence-electron chi connectivity index (χ4n) is 1.69. The van der Waals surface area contributed by atoms with E-state index in [0.29, 0.717) is 5.56 Å². The Kier molecular flexibility index (Phi) is 3.75. The summed E-state index contributed by atoms with van der Waals surface area (Å²) < 4.78 is 0.